The first kappa shape index (κ1) is 11.9. The Morgan fingerprint density at radius 1 is 1.41 bits per heavy atom. The number of hydrogen-bond acceptors (Lipinski definition) is 4. The fraction of sp³-hybridized carbons (Fsp3) is 0.417. The van der Waals surface area contributed by atoms with Crippen LogP contribution >= 0.6 is 0 Å². The first-order valence-corrected chi connectivity index (χ1v) is 5.61. The third-order valence-corrected chi connectivity index (χ3v) is 2.80. The second kappa shape index (κ2) is 5.65. The summed E-state index contributed by atoms with van der Waals surface area (Å²) in [7, 11) is 0. The number of nitrogens with two attached hydrogens (primary N) is 1. The predicted octanol–water partition coefficient (Wildman–Crippen LogP) is 1.29. The molecule has 1 aliphatic heterocycles. The second-order valence-electron chi connectivity index (χ2n) is 4.03. The molecule has 1 aliphatic rings. The topological polar surface area (TPSA) is 64.8 Å². The number of carbonyl (C=O) groups excluding carboxylic acids is 1. The van der Waals surface area contributed by atoms with Gasteiger partial charge >= 0.3 is 6.09 Å². The van der Waals surface area contributed by atoms with Crippen LogP contribution in [0.4, 0.5) is 4.79 Å². The Kier molecular flexibility index (Phi) is 3.95. The SMILES string of the molecule is NOC1CCN(C(=O)OCc2ccccc2)C1. The van der Waals surface area contributed by atoms with Gasteiger partial charge in [0.15, 0.2) is 0 Å². The highest BCUT2D eigenvalue weighted by molar-refractivity contribution is 5.68. The average molecular weight is 236 g/mol. The number of amides is 1. The van der Waals surface area contributed by atoms with Crippen molar-refractivity contribution in [3.63, 3.8) is 0 Å². The summed E-state index contributed by atoms with van der Waals surface area (Å²) < 4.78 is 5.20. The Morgan fingerprint density at radius 3 is 2.82 bits per heavy atom. The molecule has 0 radical (unpaired) electrons. The van der Waals surface area contributed by atoms with Gasteiger partial charge in [-0.2, -0.15) is 0 Å². The number of ether oxygens (including phenoxy) is 1. The Labute approximate surface area is 100 Å². The number of hydrogen-bond donors (Lipinski definition) is 1. The summed E-state index contributed by atoms with van der Waals surface area (Å²) in [5.74, 6) is 5.08. The lowest BCUT2D eigenvalue weighted by Gasteiger charge is -2.15. The van der Waals surface area contributed by atoms with Gasteiger partial charge in [0.25, 0.3) is 0 Å². The molecule has 2 N–H and O–H groups in total. The van der Waals surface area contributed by atoms with E-state index in [1.165, 1.54) is 0 Å². The molecule has 1 aromatic carbocycles. The van der Waals surface area contributed by atoms with Crippen LogP contribution in [0, 0.1) is 0 Å². The van der Waals surface area contributed by atoms with Crippen LogP contribution < -0.4 is 5.90 Å². The molecule has 1 aromatic rings. The van der Waals surface area contributed by atoms with Gasteiger partial charge in [0.2, 0.25) is 0 Å². The van der Waals surface area contributed by atoms with Crippen LogP contribution in [0.25, 0.3) is 0 Å². The molecule has 0 saturated carbocycles. The van der Waals surface area contributed by atoms with E-state index in [0.717, 1.165) is 12.0 Å². The maximum Gasteiger partial charge on any atom is 0.410 e. The van der Waals surface area contributed by atoms with Crippen LogP contribution in [0.5, 0.6) is 0 Å². The largest absolute Gasteiger partial charge is 0.445 e. The van der Waals surface area contributed by atoms with E-state index in [2.05, 4.69) is 0 Å². The molecule has 0 aromatic heterocycles. The lowest BCUT2D eigenvalue weighted by atomic mass is 10.2. The van der Waals surface area contributed by atoms with Crippen LogP contribution in [0.15, 0.2) is 30.3 Å². The Bertz CT molecular complexity index is 369. The van der Waals surface area contributed by atoms with E-state index in [0.29, 0.717) is 19.7 Å². The van der Waals surface area contributed by atoms with E-state index in [1.807, 2.05) is 30.3 Å². The highest BCUT2D eigenvalue weighted by atomic mass is 16.6. The van der Waals surface area contributed by atoms with Crippen molar-refractivity contribution in [2.45, 2.75) is 19.1 Å². The molecule has 0 aliphatic carbocycles. The molecule has 1 heterocycles. The Balaban J connectivity index is 1.78. The fourth-order valence-electron chi connectivity index (χ4n) is 1.82. The van der Waals surface area contributed by atoms with E-state index in [1.54, 1.807) is 4.90 Å². The molecule has 2 rings (SSSR count). The van der Waals surface area contributed by atoms with E-state index >= 15 is 0 Å². The first-order valence-electron chi connectivity index (χ1n) is 5.61. The van der Waals surface area contributed by atoms with E-state index in [-0.39, 0.29) is 12.2 Å². The molecule has 1 saturated heterocycles. The number of carbonyl (C=O) groups is 1. The monoisotopic (exact) mass is 236 g/mol. The summed E-state index contributed by atoms with van der Waals surface area (Å²) in [6, 6.07) is 9.59. The Hall–Kier alpha value is -1.59. The molecule has 0 spiro atoms. The normalized spacial score (nSPS) is 19.4. The molecule has 92 valence electrons. The molecule has 5 heteroatoms. The van der Waals surface area contributed by atoms with Crippen molar-refractivity contribution in [1.82, 2.24) is 4.90 Å². The number of likely N-dealkylation sites (tertiary alicyclic amines) is 1. The van der Waals surface area contributed by atoms with Gasteiger partial charge < -0.3 is 9.64 Å². The van der Waals surface area contributed by atoms with Gasteiger partial charge in [0, 0.05) is 6.54 Å². The quantitative estimate of drug-likeness (QED) is 0.803. The van der Waals surface area contributed by atoms with Gasteiger partial charge in [-0.05, 0) is 12.0 Å². The van der Waals surface area contributed by atoms with E-state index in [9.17, 15) is 4.79 Å². The number of benzene rings is 1. The van der Waals surface area contributed by atoms with Crippen LogP contribution in [0.1, 0.15) is 12.0 Å². The highest BCUT2D eigenvalue weighted by Crippen LogP contribution is 2.13. The van der Waals surface area contributed by atoms with Crippen molar-refractivity contribution in [3.05, 3.63) is 35.9 Å². The third kappa shape index (κ3) is 3.18. The molecule has 1 unspecified atom stereocenters. The zero-order chi connectivity index (χ0) is 12.1. The lowest BCUT2D eigenvalue weighted by Crippen LogP contribution is -2.31. The van der Waals surface area contributed by atoms with E-state index < -0.39 is 0 Å². The fourth-order valence-corrected chi connectivity index (χ4v) is 1.82. The molecular formula is C12H16N2O3. The van der Waals surface area contributed by atoms with Gasteiger partial charge in [-0.1, -0.05) is 30.3 Å². The highest BCUT2D eigenvalue weighted by Gasteiger charge is 2.27. The summed E-state index contributed by atoms with van der Waals surface area (Å²) in [5.41, 5.74) is 0.978. The van der Waals surface area contributed by atoms with Crippen LogP contribution in [0.2, 0.25) is 0 Å². The zero-order valence-electron chi connectivity index (χ0n) is 9.54. The molecule has 5 nitrogen and oxygen atoms in total. The molecule has 1 fully saturated rings. The van der Waals surface area contributed by atoms with Crippen molar-refractivity contribution in [2.75, 3.05) is 13.1 Å². The first-order chi connectivity index (χ1) is 8.29. The average Bonchev–Trinajstić information content (AvgIpc) is 2.86. The summed E-state index contributed by atoms with van der Waals surface area (Å²) in [6.45, 7) is 1.43. The maximum atomic E-state index is 11.7. The minimum Gasteiger partial charge on any atom is -0.445 e. The smallest absolute Gasteiger partial charge is 0.410 e. The van der Waals surface area contributed by atoms with Crippen molar-refractivity contribution >= 4 is 6.09 Å². The van der Waals surface area contributed by atoms with Crippen LogP contribution in [0.3, 0.4) is 0 Å². The van der Waals surface area contributed by atoms with Crippen molar-refractivity contribution in [2.24, 2.45) is 5.90 Å². The molecular weight excluding hydrogens is 220 g/mol. The molecule has 1 amide bonds. The molecule has 0 bridgehead atoms. The van der Waals surface area contributed by atoms with Gasteiger partial charge in [-0.3, -0.25) is 4.84 Å². The number of nitrogens with zero attached hydrogens (tertiary/aromatic N) is 1. The standard InChI is InChI=1S/C12H16N2O3/c13-17-11-6-7-14(8-11)12(15)16-9-10-4-2-1-3-5-10/h1-5,11H,6-9,13H2. The summed E-state index contributed by atoms with van der Waals surface area (Å²) in [6.07, 6.45) is 0.379. The zero-order valence-corrected chi connectivity index (χ0v) is 9.54. The molecule has 1 atom stereocenters. The van der Waals surface area contributed by atoms with Crippen molar-refractivity contribution in [1.29, 1.82) is 0 Å². The lowest BCUT2D eigenvalue weighted by molar-refractivity contribution is 0.0542. The van der Waals surface area contributed by atoms with Gasteiger partial charge in [0.1, 0.15) is 6.61 Å². The van der Waals surface area contributed by atoms with Gasteiger partial charge in [-0.25, -0.2) is 10.7 Å². The van der Waals surface area contributed by atoms with Crippen LogP contribution in [-0.2, 0) is 16.2 Å². The third-order valence-electron chi connectivity index (χ3n) is 2.80. The van der Waals surface area contributed by atoms with Gasteiger partial charge in [-0.15, -0.1) is 0 Å². The summed E-state index contributed by atoms with van der Waals surface area (Å²) in [5, 5.41) is 0. The summed E-state index contributed by atoms with van der Waals surface area (Å²) >= 11 is 0. The second-order valence-corrected chi connectivity index (χ2v) is 4.03. The Morgan fingerprint density at radius 2 is 2.18 bits per heavy atom. The maximum absolute atomic E-state index is 11.7. The minimum absolute atomic E-state index is 0.0701. The van der Waals surface area contributed by atoms with Crippen molar-refractivity contribution < 1.29 is 14.4 Å². The minimum atomic E-state index is -0.312. The van der Waals surface area contributed by atoms with Crippen LogP contribution in [-0.4, -0.2) is 30.2 Å². The predicted molar refractivity (Wildman–Crippen MR) is 61.9 cm³/mol. The van der Waals surface area contributed by atoms with E-state index in [4.69, 9.17) is 15.5 Å². The van der Waals surface area contributed by atoms with Gasteiger partial charge in [0.05, 0.1) is 12.6 Å². The molecule has 17 heavy (non-hydrogen) atoms. The van der Waals surface area contributed by atoms with Crippen molar-refractivity contribution in [3.8, 4) is 0 Å². The summed E-state index contributed by atoms with van der Waals surface area (Å²) in [4.78, 5) is 18.0. The number of rotatable bonds is 3.